The molecule has 1 heterocycles. The molecule has 9 nitrogen and oxygen atoms in total. The van der Waals surface area contributed by atoms with Gasteiger partial charge in [-0.1, -0.05) is 5.16 Å². The molecule has 0 aromatic carbocycles. The van der Waals surface area contributed by atoms with Crippen LogP contribution in [-0.2, 0) is 14.4 Å². The van der Waals surface area contributed by atoms with Crippen molar-refractivity contribution >= 4 is 34.2 Å². The Morgan fingerprint density at radius 3 is 2.68 bits per heavy atom. The highest BCUT2D eigenvalue weighted by Gasteiger charge is 2.34. The van der Waals surface area contributed by atoms with E-state index < -0.39 is 23.8 Å². The minimum absolute atomic E-state index is 0.143. The Hall–Kier alpha value is -2.36. The summed E-state index contributed by atoms with van der Waals surface area (Å²) in [5.74, 6) is -1.05. The van der Waals surface area contributed by atoms with Crippen LogP contribution in [-0.4, -0.2) is 46.1 Å². The number of nitrogens with one attached hydrogen (secondary N) is 1. The van der Waals surface area contributed by atoms with E-state index in [0.717, 1.165) is 24.2 Å². The second-order valence-electron chi connectivity index (χ2n) is 6.68. The van der Waals surface area contributed by atoms with E-state index in [-0.39, 0.29) is 29.0 Å². The number of hydrogen-bond donors (Lipinski definition) is 3. The van der Waals surface area contributed by atoms with Crippen molar-refractivity contribution in [1.29, 1.82) is 0 Å². The van der Waals surface area contributed by atoms with Gasteiger partial charge in [-0.2, -0.15) is 0 Å². The van der Waals surface area contributed by atoms with Gasteiger partial charge in [-0.05, 0) is 33.6 Å². The van der Waals surface area contributed by atoms with Crippen molar-refractivity contribution in [3.05, 3.63) is 11.1 Å². The molecule has 2 rings (SSSR count). The Labute approximate surface area is 149 Å². The van der Waals surface area contributed by atoms with Crippen molar-refractivity contribution in [2.45, 2.75) is 45.3 Å². The fraction of sp³-hybridized carbons (Fsp3) is 0.600. The summed E-state index contributed by atoms with van der Waals surface area (Å²) >= 11 is 1.12. The lowest BCUT2D eigenvalue weighted by molar-refractivity contribution is -0.129. The molecule has 1 atom stereocenters. The number of nitrogens with zero attached hydrogens (tertiary/aromatic N) is 2. The Kier molecular flexibility index (Phi) is 5.83. The largest absolute Gasteiger partial charge is 0.476 e. The number of aromatic nitrogens is 1. The average Bonchev–Trinajstić information content (AvgIpc) is 3.22. The van der Waals surface area contributed by atoms with E-state index in [0.29, 0.717) is 0 Å². The summed E-state index contributed by atoms with van der Waals surface area (Å²) < 4.78 is 5.17. The summed E-state index contributed by atoms with van der Waals surface area (Å²) in [6.45, 7) is 5.48. The maximum atomic E-state index is 11.7. The molecular weight excluding hydrogens is 348 g/mol. The number of oxime groups is 1. The van der Waals surface area contributed by atoms with Gasteiger partial charge in [-0.3, -0.25) is 0 Å². The first-order chi connectivity index (χ1) is 11.7. The van der Waals surface area contributed by atoms with Crippen LogP contribution < -0.4 is 11.1 Å². The number of carboxylic acid groups (broad SMARTS) is 1. The Bertz CT molecular complexity index is 663. The minimum atomic E-state index is -1.26. The first kappa shape index (κ1) is 19.0. The molecule has 0 radical (unpaired) electrons. The van der Waals surface area contributed by atoms with Crippen LogP contribution in [0.25, 0.3) is 0 Å². The number of aliphatic carboxylic acids is 1. The molecule has 0 saturated heterocycles. The molecule has 138 valence electrons. The third kappa shape index (κ3) is 6.22. The standard InChI is InChI=1S/C15H22N4O5S/c1-15(2,3)23-14(22)17-6-10(8-4-5-8)24-19-11(12(20)21)9-7-25-13(16)18-9/h7-8,10H,4-6H2,1-3H3,(H2,16,18)(H,17,22)(H,20,21). The predicted octanol–water partition coefficient (Wildman–Crippen LogP) is 1.83. The number of nitrogen functional groups attached to an aromatic ring is 1. The van der Waals surface area contributed by atoms with Crippen molar-refractivity contribution in [1.82, 2.24) is 10.3 Å². The molecule has 1 unspecified atom stereocenters. The van der Waals surface area contributed by atoms with Gasteiger partial charge < -0.3 is 25.7 Å². The fourth-order valence-electron chi connectivity index (χ4n) is 1.97. The Balaban J connectivity index is 1.98. The number of thiazole rings is 1. The van der Waals surface area contributed by atoms with Gasteiger partial charge in [0, 0.05) is 11.3 Å². The average molecular weight is 370 g/mol. The van der Waals surface area contributed by atoms with Crippen molar-refractivity contribution in [2.24, 2.45) is 11.1 Å². The number of alkyl carbamates (subject to hydrolysis) is 1. The van der Waals surface area contributed by atoms with E-state index in [1.165, 1.54) is 5.38 Å². The number of ether oxygens (including phenoxy) is 1. The van der Waals surface area contributed by atoms with Crippen LogP contribution in [0, 0.1) is 5.92 Å². The van der Waals surface area contributed by atoms with Gasteiger partial charge in [0.15, 0.2) is 5.13 Å². The highest BCUT2D eigenvalue weighted by molar-refractivity contribution is 7.13. The van der Waals surface area contributed by atoms with E-state index in [1.54, 1.807) is 20.8 Å². The van der Waals surface area contributed by atoms with E-state index >= 15 is 0 Å². The van der Waals surface area contributed by atoms with Crippen molar-refractivity contribution < 1.29 is 24.3 Å². The smallest absolute Gasteiger partial charge is 0.407 e. The molecule has 1 fully saturated rings. The first-order valence-corrected chi connectivity index (χ1v) is 8.69. The molecule has 0 spiro atoms. The number of carbonyl (C=O) groups excluding carboxylic acids is 1. The van der Waals surface area contributed by atoms with Crippen LogP contribution in [0.4, 0.5) is 9.93 Å². The number of rotatable bonds is 7. The van der Waals surface area contributed by atoms with Crippen LogP contribution in [0.1, 0.15) is 39.3 Å². The van der Waals surface area contributed by atoms with Gasteiger partial charge in [0.1, 0.15) is 17.4 Å². The predicted molar refractivity (Wildman–Crippen MR) is 92.5 cm³/mol. The summed E-state index contributed by atoms with van der Waals surface area (Å²) in [7, 11) is 0. The second kappa shape index (κ2) is 7.68. The number of carbonyl (C=O) groups is 2. The van der Waals surface area contributed by atoms with Gasteiger partial charge in [0.25, 0.3) is 0 Å². The normalized spacial score (nSPS) is 16.2. The molecule has 10 heteroatoms. The van der Waals surface area contributed by atoms with Gasteiger partial charge >= 0.3 is 12.1 Å². The third-order valence-corrected chi connectivity index (χ3v) is 3.91. The summed E-state index contributed by atoms with van der Waals surface area (Å²) in [5, 5.41) is 17.4. The van der Waals surface area contributed by atoms with Gasteiger partial charge in [-0.25, -0.2) is 14.6 Å². The van der Waals surface area contributed by atoms with E-state index in [4.69, 9.17) is 15.3 Å². The quantitative estimate of drug-likeness (QED) is 0.492. The molecular formula is C15H22N4O5S. The monoisotopic (exact) mass is 370 g/mol. The zero-order valence-electron chi connectivity index (χ0n) is 14.3. The molecule has 1 aliphatic rings. The van der Waals surface area contributed by atoms with Gasteiger partial charge in [0.2, 0.25) is 5.71 Å². The fourth-order valence-corrected chi connectivity index (χ4v) is 2.52. The summed E-state index contributed by atoms with van der Waals surface area (Å²) in [4.78, 5) is 32.4. The molecule has 1 amide bonds. The lowest BCUT2D eigenvalue weighted by Crippen LogP contribution is -2.38. The number of nitrogens with two attached hydrogens (primary N) is 1. The molecule has 1 aliphatic carbocycles. The van der Waals surface area contributed by atoms with Crippen molar-refractivity contribution in [2.75, 3.05) is 12.3 Å². The maximum absolute atomic E-state index is 11.7. The Morgan fingerprint density at radius 1 is 1.52 bits per heavy atom. The second-order valence-corrected chi connectivity index (χ2v) is 7.57. The number of anilines is 1. The van der Waals surface area contributed by atoms with E-state index in [9.17, 15) is 14.7 Å². The van der Waals surface area contributed by atoms with E-state index in [1.807, 2.05) is 0 Å². The third-order valence-electron chi connectivity index (χ3n) is 3.24. The molecule has 4 N–H and O–H groups in total. The summed E-state index contributed by atoms with van der Waals surface area (Å²) in [6.07, 6.45) is 0.874. The van der Waals surface area contributed by atoms with Crippen LogP contribution in [0.3, 0.4) is 0 Å². The van der Waals surface area contributed by atoms with Gasteiger partial charge in [0.05, 0.1) is 6.54 Å². The summed E-state index contributed by atoms with van der Waals surface area (Å²) in [6, 6.07) is 0. The zero-order valence-corrected chi connectivity index (χ0v) is 15.1. The zero-order chi connectivity index (χ0) is 18.6. The Morgan fingerprint density at radius 2 is 2.20 bits per heavy atom. The topological polar surface area (TPSA) is 136 Å². The lowest BCUT2D eigenvalue weighted by Gasteiger charge is -2.21. The molecule has 0 bridgehead atoms. The number of hydrogen-bond acceptors (Lipinski definition) is 8. The van der Waals surface area contributed by atoms with Crippen LogP contribution >= 0.6 is 11.3 Å². The lowest BCUT2D eigenvalue weighted by atomic mass is 10.2. The molecule has 1 aromatic heterocycles. The van der Waals surface area contributed by atoms with Crippen molar-refractivity contribution in [3.63, 3.8) is 0 Å². The molecule has 0 aliphatic heterocycles. The maximum Gasteiger partial charge on any atom is 0.407 e. The molecule has 1 aromatic rings. The molecule has 25 heavy (non-hydrogen) atoms. The van der Waals surface area contributed by atoms with Gasteiger partial charge in [-0.15, -0.1) is 11.3 Å². The first-order valence-electron chi connectivity index (χ1n) is 7.81. The van der Waals surface area contributed by atoms with Crippen LogP contribution in [0.5, 0.6) is 0 Å². The SMILES string of the molecule is CC(C)(C)OC(=O)NCC(ON=C(C(=O)O)c1csc(N)n1)C1CC1. The molecule has 1 saturated carbocycles. The minimum Gasteiger partial charge on any atom is -0.476 e. The van der Waals surface area contributed by atoms with Crippen LogP contribution in [0.15, 0.2) is 10.5 Å². The number of amides is 1. The highest BCUT2D eigenvalue weighted by Crippen LogP contribution is 2.34. The van der Waals surface area contributed by atoms with E-state index in [2.05, 4.69) is 15.5 Å². The highest BCUT2D eigenvalue weighted by atomic mass is 32.1. The number of carboxylic acids is 1. The van der Waals surface area contributed by atoms with Crippen LogP contribution in [0.2, 0.25) is 0 Å². The summed E-state index contributed by atoms with van der Waals surface area (Å²) in [5.41, 5.74) is 4.74. The van der Waals surface area contributed by atoms with Crippen molar-refractivity contribution in [3.8, 4) is 0 Å².